The van der Waals surface area contributed by atoms with E-state index in [-0.39, 0.29) is 36.7 Å². The van der Waals surface area contributed by atoms with Crippen molar-refractivity contribution < 1.29 is 23.5 Å². The maximum absolute atomic E-state index is 13.8. The Morgan fingerprint density at radius 2 is 1.86 bits per heavy atom. The number of nitrogens with zero attached hydrogens (tertiary/aromatic N) is 1. The molecular formula is C28H29FN2O4. The lowest BCUT2D eigenvalue weighted by Crippen LogP contribution is -2.32. The zero-order valence-corrected chi connectivity index (χ0v) is 19.7. The largest absolute Gasteiger partial charge is 0.497 e. The number of ether oxygens (including phenoxy) is 2. The van der Waals surface area contributed by atoms with Crippen molar-refractivity contribution in [3.8, 4) is 5.75 Å². The predicted molar refractivity (Wildman–Crippen MR) is 132 cm³/mol. The van der Waals surface area contributed by atoms with Gasteiger partial charge in [-0.05, 0) is 66.4 Å². The first-order chi connectivity index (χ1) is 17.0. The lowest BCUT2D eigenvalue weighted by molar-refractivity contribution is -0.120. The predicted octanol–water partition coefficient (Wildman–Crippen LogP) is 4.52. The summed E-state index contributed by atoms with van der Waals surface area (Å²) in [6, 6.07) is 20.4. The summed E-state index contributed by atoms with van der Waals surface area (Å²) in [6.07, 6.45) is 2.33. The van der Waals surface area contributed by atoms with Gasteiger partial charge in [0.15, 0.2) is 0 Å². The molecule has 35 heavy (non-hydrogen) atoms. The average molecular weight is 477 g/mol. The Hall–Kier alpha value is -3.71. The second-order valence-corrected chi connectivity index (χ2v) is 8.54. The topological polar surface area (TPSA) is 67.9 Å². The molecular weight excluding hydrogens is 447 g/mol. The van der Waals surface area contributed by atoms with Crippen LogP contribution in [0.1, 0.15) is 34.3 Å². The van der Waals surface area contributed by atoms with Gasteiger partial charge in [0.05, 0.1) is 26.2 Å². The van der Waals surface area contributed by atoms with Crippen LogP contribution in [0.4, 0.5) is 10.1 Å². The molecule has 7 heteroatoms. The van der Waals surface area contributed by atoms with Crippen molar-refractivity contribution in [1.29, 1.82) is 0 Å². The number of rotatable bonds is 9. The first kappa shape index (κ1) is 24.4. The van der Waals surface area contributed by atoms with Crippen LogP contribution in [0.2, 0.25) is 0 Å². The van der Waals surface area contributed by atoms with Crippen molar-refractivity contribution in [2.45, 2.75) is 31.9 Å². The molecule has 2 amide bonds. The lowest BCUT2D eigenvalue weighted by atomic mass is 10.1. The number of benzene rings is 3. The van der Waals surface area contributed by atoms with Gasteiger partial charge < -0.3 is 19.7 Å². The van der Waals surface area contributed by atoms with E-state index in [0.29, 0.717) is 29.1 Å². The molecule has 1 saturated heterocycles. The normalized spacial score (nSPS) is 15.0. The van der Waals surface area contributed by atoms with Gasteiger partial charge in [0.2, 0.25) is 5.91 Å². The highest BCUT2D eigenvalue weighted by atomic mass is 19.1. The summed E-state index contributed by atoms with van der Waals surface area (Å²) in [5.74, 6) is -0.0981. The van der Waals surface area contributed by atoms with Crippen LogP contribution in [-0.2, 0) is 22.5 Å². The van der Waals surface area contributed by atoms with Crippen LogP contribution >= 0.6 is 0 Å². The number of anilines is 1. The van der Waals surface area contributed by atoms with Crippen LogP contribution < -0.4 is 15.0 Å². The fourth-order valence-corrected chi connectivity index (χ4v) is 4.08. The monoisotopic (exact) mass is 476 g/mol. The Balaban J connectivity index is 1.50. The molecule has 1 N–H and O–H groups in total. The third-order valence-electron chi connectivity index (χ3n) is 5.96. The molecule has 1 heterocycles. The number of nitrogens with one attached hydrogen (secondary N) is 1. The molecule has 1 atom stereocenters. The van der Waals surface area contributed by atoms with E-state index >= 15 is 0 Å². The molecule has 3 aromatic carbocycles. The van der Waals surface area contributed by atoms with Gasteiger partial charge in [0.25, 0.3) is 5.91 Å². The summed E-state index contributed by atoms with van der Waals surface area (Å²) in [7, 11) is 1.55. The minimum absolute atomic E-state index is 0.0719. The number of hydrogen-bond donors (Lipinski definition) is 1. The third-order valence-corrected chi connectivity index (χ3v) is 5.96. The minimum Gasteiger partial charge on any atom is -0.497 e. The Morgan fingerprint density at radius 3 is 2.57 bits per heavy atom. The second kappa shape index (κ2) is 11.6. The SMILES string of the molecule is COc1cccc(C(=O)N(Cc2cccc(F)c2)c2ccc(CC(=O)NC[C@H]3CCCO3)cc2)c1. The molecule has 0 spiro atoms. The van der Waals surface area contributed by atoms with Crippen LogP contribution in [0.15, 0.2) is 72.8 Å². The Bertz CT molecular complexity index is 1160. The van der Waals surface area contributed by atoms with E-state index in [2.05, 4.69) is 5.32 Å². The van der Waals surface area contributed by atoms with Gasteiger partial charge in [0, 0.05) is 24.4 Å². The summed E-state index contributed by atoms with van der Waals surface area (Å²) in [6.45, 7) is 1.46. The first-order valence-corrected chi connectivity index (χ1v) is 11.7. The van der Waals surface area contributed by atoms with Gasteiger partial charge in [-0.1, -0.05) is 30.3 Å². The Morgan fingerprint density at radius 1 is 1.06 bits per heavy atom. The zero-order valence-electron chi connectivity index (χ0n) is 19.7. The van der Waals surface area contributed by atoms with E-state index in [9.17, 15) is 14.0 Å². The number of hydrogen-bond acceptors (Lipinski definition) is 4. The van der Waals surface area contributed by atoms with Crippen LogP contribution in [0.25, 0.3) is 0 Å². The molecule has 0 aliphatic carbocycles. The van der Waals surface area contributed by atoms with Crippen molar-refractivity contribution in [3.63, 3.8) is 0 Å². The molecule has 0 aromatic heterocycles. The number of amides is 2. The van der Waals surface area contributed by atoms with Gasteiger partial charge in [-0.25, -0.2) is 4.39 Å². The van der Waals surface area contributed by atoms with Crippen molar-refractivity contribution in [3.05, 3.63) is 95.3 Å². The number of halogens is 1. The fraction of sp³-hybridized carbons (Fsp3) is 0.286. The van der Waals surface area contributed by atoms with Crippen LogP contribution in [0.5, 0.6) is 5.75 Å². The standard InChI is InChI=1S/C28H29FN2O4/c1-34-25-8-3-6-22(17-25)28(33)31(19-21-5-2-7-23(29)15-21)24-12-10-20(11-13-24)16-27(32)30-18-26-9-4-14-35-26/h2-3,5-8,10-13,15,17,26H,4,9,14,16,18-19H2,1H3,(H,30,32)/t26-/m1/s1. The van der Waals surface area contributed by atoms with Crippen molar-refractivity contribution in [1.82, 2.24) is 5.32 Å². The number of methoxy groups -OCH3 is 1. The molecule has 3 aromatic rings. The van der Waals surface area contributed by atoms with Crippen molar-refractivity contribution in [2.24, 2.45) is 0 Å². The molecule has 0 saturated carbocycles. The van der Waals surface area contributed by atoms with Gasteiger partial charge in [-0.2, -0.15) is 0 Å². The van der Waals surface area contributed by atoms with Gasteiger partial charge in [-0.3, -0.25) is 9.59 Å². The van der Waals surface area contributed by atoms with E-state index in [1.54, 1.807) is 60.5 Å². The summed E-state index contributed by atoms with van der Waals surface area (Å²) < 4.78 is 24.6. The highest BCUT2D eigenvalue weighted by molar-refractivity contribution is 6.06. The van der Waals surface area contributed by atoms with E-state index in [1.165, 1.54) is 12.1 Å². The summed E-state index contributed by atoms with van der Waals surface area (Å²) in [5.41, 5.74) is 2.60. The smallest absolute Gasteiger partial charge is 0.258 e. The van der Waals surface area contributed by atoms with E-state index in [0.717, 1.165) is 25.0 Å². The molecule has 4 rings (SSSR count). The molecule has 1 aliphatic heterocycles. The molecule has 0 unspecified atom stereocenters. The Kier molecular flexibility index (Phi) is 8.11. The van der Waals surface area contributed by atoms with E-state index in [4.69, 9.17) is 9.47 Å². The van der Waals surface area contributed by atoms with Gasteiger partial charge in [-0.15, -0.1) is 0 Å². The van der Waals surface area contributed by atoms with Crippen molar-refractivity contribution >= 4 is 17.5 Å². The Labute approximate surface area is 204 Å². The minimum atomic E-state index is -0.361. The maximum atomic E-state index is 13.8. The second-order valence-electron chi connectivity index (χ2n) is 8.54. The fourth-order valence-electron chi connectivity index (χ4n) is 4.08. The third kappa shape index (κ3) is 6.67. The average Bonchev–Trinajstić information content (AvgIpc) is 3.40. The molecule has 1 aliphatic rings. The lowest BCUT2D eigenvalue weighted by Gasteiger charge is -2.24. The number of carbonyl (C=O) groups is 2. The highest BCUT2D eigenvalue weighted by Gasteiger charge is 2.20. The van der Waals surface area contributed by atoms with Crippen LogP contribution in [0.3, 0.4) is 0 Å². The molecule has 0 radical (unpaired) electrons. The van der Waals surface area contributed by atoms with Crippen LogP contribution in [-0.4, -0.2) is 38.2 Å². The molecule has 6 nitrogen and oxygen atoms in total. The molecule has 182 valence electrons. The quantitative estimate of drug-likeness (QED) is 0.493. The first-order valence-electron chi connectivity index (χ1n) is 11.7. The highest BCUT2D eigenvalue weighted by Crippen LogP contribution is 2.23. The van der Waals surface area contributed by atoms with Gasteiger partial charge in [0.1, 0.15) is 11.6 Å². The zero-order chi connectivity index (χ0) is 24.6. The molecule has 1 fully saturated rings. The maximum Gasteiger partial charge on any atom is 0.258 e. The van der Waals surface area contributed by atoms with Crippen LogP contribution in [0, 0.1) is 5.82 Å². The molecule has 0 bridgehead atoms. The summed E-state index contributed by atoms with van der Waals surface area (Å²) in [4.78, 5) is 27.4. The van der Waals surface area contributed by atoms with Gasteiger partial charge >= 0.3 is 0 Å². The van der Waals surface area contributed by atoms with Crippen molar-refractivity contribution in [2.75, 3.05) is 25.2 Å². The summed E-state index contributed by atoms with van der Waals surface area (Å²) in [5, 5.41) is 2.92. The van der Waals surface area contributed by atoms with E-state index < -0.39 is 0 Å². The summed E-state index contributed by atoms with van der Waals surface area (Å²) >= 11 is 0. The number of carbonyl (C=O) groups excluding carboxylic acids is 2. The van der Waals surface area contributed by atoms with E-state index in [1.807, 2.05) is 12.1 Å².